The van der Waals surface area contributed by atoms with Crippen LogP contribution in [-0.4, -0.2) is 16.5 Å². The third-order valence-electron chi connectivity index (χ3n) is 3.06. The van der Waals surface area contributed by atoms with Gasteiger partial charge in [-0.05, 0) is 24.8 Å². The third kappa shape index (κ3) is 4.50. The molecule has 1 aromatic heterocycles. The Balaban J connectivity index is 2.65. The zero-order valence-electron chi connectivity index (χ0n) is 11.9. The van der Waals surface area contributed by atoms with Gasteiger partial charge in [0, 0.05) is 23.7 Å². The first kappa shape index (κ1) is 14.2. The quantitative estimate of drug-likeness (QED) is 0.827. The molecule has 0 aromatic carbocycles. The van der Waals surface area contributed by atoms with Crippen molar-refractivity contribution in [3.8, 4) is 0 Å². The van der Waals surface area contributed by atoms with Crippen LogP contribution in [0.5, 0.6) is 0 Å². The van der Waals surface area contributed by atoms with Crippen molar-refractivity contribution in [2.24, 2.45) is 17.6 Å². The smallest absolute Gasteiger partial charge is 0.106 e. The van der Waals surface area contributed by atoms with E-state index in [1.165, 1.54) is 12.1 Å². The molecule has 1 atom stereocenters. The average Bonchev–Trinajstić information content (AvgIpc) is 2.63. The van der Waals surface area contributed by atoms with Crippen molar-refractivity contribution in [3.63, 3.8) is 0 Å². The standard InChI is InChI=1S/C14H27N3/c1-10(2)6-11(8-15)7-13-16-9-12(17-13)14(3,4)5/h9-11H,6-8,15H2,1-5H3,(H,16,17). The molecule has 0 saturated carbocycles. The molecule has 98 valence electrons. The maximum Gasteiger partial charge on any atom is 0.106 e. The lowest BCUT2D eigenvalue weighted by molar-refractivity contribution is 0.409. The summed E-state index contributed by atoms with van der Waals surface area (Å²) >= 11 is 0. The van der Waals surface area contributed by atoms with Crippen molar-refractivity contribution in [2.45, 2.75) is 52.9 Å². The minimum atomic E-state index is 0.140. The molecule has 0 aliphatic rings. The Morgan fingerprint density at radius 3 is 2.41 bits per heavy atom. The number of rotatable bonds is 5. The Morgan fingerprint density at radius 1 is 1.35 bits per heavy atom. The second kappa shape index (κ2) is 5.67. The fourth-order valence-electron chi connectivity index (χ4n) is 2.05. The van der Waals surface area contributed by atoms with Crippen LogP contribution in [0.4, 0.5) is 0 Å². The van der Waals surface area contributed by atoms with Gasteiger partial charge in [0.15, 0.2) is 0 Å². The number of aromatic nitrogens is 2. The van der Waals surface area contributed by atoms with Gasteiger partial charge >= 0.3 is 0 Å². The van der Waals surface area contributed by atoms with Gasteiger partial charge < -0.3 is 10.7 Å². The summed E-state index contributed by atoms with van der Waals surface area (Å²) in [5, 5.41) is 0. The summed E-state index contributed by atoms with van der Waals surface area (Å²) in [4.78, 5) is 7.89. The van der Waals surface area contributed by atoms with Crippen LogP contribution in [0.25, 0.3) is 0 Å². The molecule has 0 aliphatic heterocycles. The van der Waals surface area contributed by atoms with Gasteiger partial charge in [-0.3, -0.25) is 0 Å². The molecule has 0 saturated heterocycles. The first-order chi connectivity index (χ1) is 7.82. The molecule has 1 heterocycles. The number of hydrogen-bond acceptors (Lipinski definition) is 2. The van der Waals surface area contributed by atoms with Crippen molar-refractivity contribution in [3.05, 3.63) is 17.7 Å². The van der Waals surface area contributed by atoms with E-state index >= 15 is 0 Å². The largest absolute Gasteiger partial charge is 0.345 e. The lowest BCUT2D eigenvalue weighted by atomic mass is 9.93. The van der Waals surface area contributed by atoms with E-state index in [0.29, 0.717) is 11.8 Å². The second-order valence-corrected chi connectivity index (χ2v) is 6.43. The highest BCUT2D eigenvalue weighted by Gasteiger charge is 2.18. The molecule has 0 radical (unpaired) electrons. The zero-order valence-corrected chi connectivity index (χ0v) is 11.9. The molecular weight excluding hydrogens is 210 g/mol. The van der Waals surface area contributed by atoms with E-state index in [2.05, 4.69) is 44.6 Å². The number of nitrogens with zero attached hydrogens (tertiary/aromatic N) is 1. The summed E-state index contributed by atoms with van der Waals surface area (Å²) in [6.07, 6.45) is 4.09. The van der Waals surface area contributed by atoms with Gasteiger partial charge in [-0.25, -0.2) is 4.98 Å². The van der Waals surface area contributed by atoms with Crippen LogP contribution in [0.15, 0.2) is 6.20 Å². The van der Waals surface area contributed by atoms with E-state index in [9.17, 15) is 0 Å². The minimum absolute atomic E-state index is 0.140. The van der Waals surface area contributed by atoms with E-state index < -0.39 is 0 Å². The second-order valence-electron chi connectivity index (χ2n) is 6.43. The highest BCUT2D eigenvalue weighted by atomic mass is 14.9. The maximum atomic E-state index is 5.82. The predicted molar refractivity (Wildman–Crippen MR) is 73.0 cm³/mol. The van der Waals surface area contributed by atoms with Crippen molar-refractivity contribution in [1.82, 2.24) is 9.97 Å². The van der Waals surface area contributed by atoms with E-state index in [4.69, 9.17) is 5.73 Å². The fourth-order valence-corrected chi connectivity index (χ4v) is 2.05. The van der Waals surface area contributed by atoms with Gasteiger partial charge in [-0.2, -0.15) is 0 Å². The topological polar surface area (TPSA) is 54.7 Å². The molecule has 0 aliphatic carbocycles. The van der Waals surface area contributed by atoms with Crippen LogP contribution >= 0.6 is 0 Å². The van der Waals surface area contributed by atoms with Gasteiger partial charge in [0.1, 0.15) is 5.82 Å². The van der Waals surface area contributed by atoms with Crippen molar-refractivity contribution in [2.75, 3.05) is 6.54 Å². The summed E-state index contributed by atoms with van der Waals surface area (Å²) < 4.78 is 0. The Bertz CT molecular complexity index is 333. The lowest BCUT2D eigenvalue weighted by Gasteiger charge is -2.17. The first-order valence-electron chi connectivity index (χ1n) is 6.57. The average molecular weight is 237 g/mol. The van der Waals surface area contributed by atoms with Crippen LogP contribution in [-0.2, 0) is 11.8 Å². The normalized spacial score (nSPS) is 14.3. The molecule has 0 fully saturated rings. The summed E-state index contributed by atoms with van der Waals surface area (Å²) in [5.41, 5.74) is 7.16. The highest BCUT2D eigenvalue weighted by Crippen LogP contribution is 2.21. The number of nitrogens with one attached hydrogen (secondary N) is 1. The van der Waals surface area contributed by atoms with Gasteiger partial charge in [-0.1, -0.05) is 34.6 Å². The Labute approximate surface area is 105 Å². The van der Waals surface area contributed by atoms with Crippen LogP contribution in [0.3, 0.4) is 0 Å². The Morgan fingerprint density at radius 2 is 2.00 bits per heavy atom. The molecule has 1 aromatic rings. The predicted octanol–water partition coefficient (Wildman–Crippen LogP) is 2.87. The number of imidazole rings is 1. The van der Waals surface area contributed by atoms with Crippen LogP contribution < -0.4 is 5.73 Å². The van der Waals surface area contributed by atoms with E-state index in [0.717, 1.165) is 18.8 Å². The fraction of sp³-hybridized carbons (Fsp3) is 0.786. The van der Waals surface area contributed by atoms with Crippen LogP contribution in [0.1, 0.15) is 52.6 Å². The Kier molecular flexibility index (Phi) is 4.75. The van der Waals surface area contributed by atoms with E-state index in [1.807, 2.05) is 6.20 Å². The van der Waals surface area contributed by atoms with Crippen molar-refractivity contribution >= 4 is 0 Å². The monoisotopic (exact) mass is 237 g/mol. The van der Waals surface area contributed by atoms with Gasteiger partial charge in [0.25, 0.3) is 0 Å². The van der Waals surface area contributed by atoms with Crippen LogP contribution in [0.2, 0.25) is 0 Å². The van der Waals surface area contributed by atoms with Gasteiger partial charge in [0.2, 0.25) is 0 Å². The molecule has 0 bridgehead atoms. The van der Waals surface area contributed by atoms with E-state index in [-0.39, 0.29) is 5.41 Å². The third-order valence-corrected chi connectivity index (χ3v) is 3.06. The summed E-state index contributed by atoms with van der Waals surface area (Å²) in [7, 11) is 0. The van der Waals surface area contributed by atoms with Crippen molar-refractivity contribution < 1.29 is 0 Å². The molecule has 1 rings (SSSR count). The Hall–Kier alpha value is -0.830. The summed E-state index contributed by atoms with van der Waals surface area (Å²) in [6, 6.07) is 0. The molecule has 3 nitrogen and oxygen atoms in total. The lowest BCUT2D eigenvalue weighted by Crippen LogP contribution is -2.19. The number of hydrogen-bond donors (Lipinski definition) is 2. The SMILES string of the molecule is CC(C)CC(CN)Cc1ncc(C(C)(C)C)[nH]1. The molecule has 3 heteroatoms. The minimum Gasteiger partial charge on any atom is -0.345 e. The van der Waals surface area contributed by atoms with Gasteiger partial charge in [0.05, 0.1) is 0 Å². The molecule has 0 amide bonds. The molecule has 1 unspecified atom stereocenters. The van der Waals surface area contributed by atoms with Crippen molar-refractivity contribution in [1.29, 1.82) is 0 Å². The summed E-state index contributed by atoms with van der Waals surface area (Å²) in [6.45, 7) is 11.8. The molecule has 17 heavy (non-hydrogen) atoms. The summed E-state index contributed by atoms with van der Waals surface area (Å²) in [5.74, 6) is 2.31. The number of nitrogens with two attached hydrogens (primary N) is 1. The van der Waals surface area contributed by atoms with Crippen LogP contribution in [0, 0.1) is 11.8 Å². The zero-order chi connectivity index (χ0) is 13.1. The number of H-pyrrole nitrogens is 1. The van der Waals surface area contributed by atoms with E-state index in [1.54, 1.807) is 0 Å². The maximum absolute atomic E-state index is 5.82. The molecule has 0 spiro atoms. The highest BCUT2D eigenvalue weighted by molar-refractivity contribution is 5.11. The number of aromatic amines is 1. The van der Waals surface area contributed by atoms with Gasteiger partial charge in [-0.15, -0.1) is 0 Å². The molecule has 3 N–H and O–H groups in total. The molecular formula is C14H27N3. The first-order valence-corrected chi connectivity index (χ1v) is 6.57.